The van der Waals surface area contributed by atoms with Crippen LogP contribution in [0.3, 0.4) is 0 Å². The van der Waals surface area contributed by atoms with E-state index >= 15 is 0 Å². The van der Waals surface area contributed by atoms with Crippen molar-refractivity contribution in [2.24, 2.45) is 0 Å². The molecule has 8 nitrogen and oxygen atoms in total. The molecule has 1 N–H and O–H groups in total. The van der Waals surface area contributed by atoms with Crippen LogP contribution in [0, 0.1) is 6.92 Å². The molecule has 0 radical (unpaired) electrons. The molecule has 2 heterocycles. The van der Waals surface area contributed by atoms with Crippen molar-refractivity contribution >= 4 is 50.5 Å². The molecule has 0 spiro atoms. The quantitative estimate of drug-likeness (QED) is 0.603. The highest BCUT2D eigenvalue weighted by atomic mass is 35.5. The van der Waals surface area contributed by atoms with E-state index in [0.29, 0.717) is 18.1 Å². The average Bonchev–Trinajstić information content (AvgIpc) is 3.14. The predicted molar refractivity (Wildman–Crippen MR) is 118 cm³/mol. The molecule has 1 aromatic carbocycles. The van der Waals surface area contributed by atoms with E-state index in [4.69, 9.17) is 21.1 Å². The van der Waals surface area contributed by atoms with Crippen molar-refractivity contribution in [1.29, 1.82) is 0 Å². The molecule has 2 aromatic rings. The van der Waals surface area contributed by atoms with Crippen molar-refractivity contribution < 1.29 is 27.5 Å². The summed E-state index contributed by atoms with van der Waals surface area (Å²) < 4.78 is 37.3. The third kappa shape index (κ3) is 5.64. The predicted octanol–water partition coefficient (Wildman–Crippen LogP) is 3.09. The fraction of sp³-hybridized carbons (Fsp3) is 0.400. The number of thiophene rings is 1. The Hall–Kier alpha value is -1.98. The molecule has 1 fully saturated rings. The number of nitrogens with zero attached hydrogens (tertiary/aromatic N) is 1. The van der Waals surface area contributed by atoms with E-state index in [1.807, 2.05) is 13.8 Å². The first-order valence-corrected chi connectivity index (χ1v) is 12.3. The molecule has 1 saturated heterocycles. The number of halogens is 1. The van der Waals surface area contributed by atoms with Gasteiger partial charge in [0.25, 0.3) is 5.91 Å². The van der Waals surface area contributed by atoms with Gasteiger partial charge in [0.05, 0.1) is 18.2 Å². The second kappa shape index (κ2) is 10.1. The van der Waals surface area contributed by atoms with Crippen LogP contribution in [0.15, 0.2) is 29.2 Å². The molecule has 1 amide bonds. The number of morpholine rings is 1. The van der Waals surface area contributed by atoms with E-state index in [9.17, 15) is 18.0 Å². The molecule has 0 unspecified atom stereocenters. The topological polar surface area (TPSA) is 102 Å². The second-order valence-corrected chi connectivity index (χ2v) is 10.4. The normalized spacial score (nSPS) is 14.9. The van der Waals surface area contributed by atoms with Gasteiger partial charge < -0.3 is 14.8 Å². The van der Waals surface area contributed by atoms with Gasteiger partial charge in [0, 0.05) is 23.7 Å². The molecule has 31 heavy (non-hydrogen) atoms. The molecule has 0 atom stereocenters. The zero-order valence-electron chi connectivity index (χ0n) is 17.1. The zero-order valence-corrected chi connectivity index (χ0v) is 19.5. The summed E-state index contributed by atoms with van der Waals surface area (Å²) in [5.74, 6) is -1.16. The van der Waals surface area contributed by atoms with Crippen LogP contribution in [0.25, 0.3) is 0 Å². The first-order valence-electron chi connectivity index (χ1n) is 9.66. The Kier molecular flexibility index (Phi) is 7.71. The van der Waals surface area contributed by atoms with Gasteiger partial charge in [-0.1, -0.05) is 18.5 Å². The average molecular weight is 487 g/mol. The second-order valence-electron chi connectivity index (χ2n) is 6.83. The van der Waals surface area contributed by atoms with Crippen LogP contribution in [0.5, 0.6) is 0 Å². The molecule has 168 valence electrons. The number of nitrogens with one attached hydrogen (secondary N) is 1. The monoisotopic (exact) mass is 486 g/mol. The smallest absolute Gasteiger partial charge is 0.348 e. The number of aryl methyl sites for hydroxylation is 2. The van der Waals surface area contributed by atoms with Crippen LogP contribution < -0.4 is 5.32 Å². The highest BCUT2D eigenvalue weighted by molar-refractivity contribution is 7.89. The third-order valence-electron chi connectivity index (χ3n) is 4.74. The van der Waals surface area contributed by atoms with Crippen molar-refractivity contribution in [1.82, 2.24) is 4.31 Å². The summed E-state index contributed by atoms with van der Waals surface area (Å²) >= 11 is 7.44. The maximum Gasteiger partial charge on any atom is 0.348 e. The Morgan fingerprint density at radius 1 is 1.26 bits per heavy atom. The van der Waals surface area contributed by atoms with Crippen molar-refractivity contribution in [3.05, 3.63) is 44.6 Å². The number of anilines is 1. The summed E-state index contributed by atoms with van der Waals surface area (Å²) in [7, 11) is -3.83. The lowest BCUT2D eigenvalue weighted by Crippen LogP contribution is -2.40. The number of hydrogen-bond acceptors (Lipinski definition) is 7. The number of sulfonamides is 1. The van der Waals surface area contributed by atoms with Crippen LogP contribution in [0.4, 0.5) is 5.69 Å². The summed E-state index contributed by atoms with van der Waals surface area (Å²) in [4.78, 5) is 25.8. The van der Waals surface area contributed by atoms with Gasteiger partial charge in [-0.3, -0.25) is 4.79 Å². The first kappa shape index (κ1) is 23.7. The number of ether oxygens (including phenoxy) is 2. The summed E-state index contributed by atoms with van der Waals surface area (Å²) in [5.41, 5.74) is 1.30. The molecule has 1 aliphatic rings. The molecule has 0 bridgehead atoms. The van der Waals surface area contributed by atoms with Crippen molar-refractivity contribution in [3.8, 4) is 0 Å². The fourth-order valence-electron chi connectivity index (χ4n) is 3.08. The molecule has 1 aliphatic heterocycles. The van der Waals surface area contributed by atoms with E-state index in [2.05, 4.69) is 5.32 Å². The minimum Gasteiger partial charge on any atom is -0.451 e. The summed E-state index contributed by atoms with van der Waals surface area (Å²) in [6.45, 7) is 4.50. The minimum absolute atomic E-state index is 0.0516. The Labute approximate surface area is 190 Å². The molecular formula is C20H23ClN2O6S2. The maximum absolute atomic E-state index is 12.9. The molecule has 1 aromatic heterocycles. The minimum atomic E-state index is -3.83. The SMILES string of the molecule is CCc1cc(C(=O)OCC(=O)Nc2ccc(Cl)c(S(=O)(=O)N3CCOCC3)c2)sc1C. The maximum atomic E-state index is 12.9. The van der Waals surface area contributed by atoms with Gasteiger partial charge >= 0.3 is 5.97 Å². The third-order valence-corrected chi connectivity index (χ3v) is 8.19. The number of carbonyl (C=O) groups is 2. The summed E-state index contributed by atoms with van der Waals surface area (Å²) in [5, 5.41) is 2.59. The van der Waals surface area contributed by atoms with Crippen molar-refractivity contribution in [3.63, 3.8) is 0 Å². The number of amides is 1. The van der Waals surface area contributed by atoms with Crippen LogP contribution in [-0.2, 0) is 30.7 Å². The van der Waals surface area contributed by atoms with Gasteiger partial charge in [-0.25, -0.2) is 13.2 Å². The zero-order chi connectivity index (χ0) is 22.6. The number of benzene rings is 1. The van der Waals surface area contributed by atoms with Crippen molar-refractivity contribution in [2.75, 3.05) is 38.2 Å². The van der Waals surface area contributed by atoms with Crippen molar-refractivity contribution in [2.45, 2.75) is 25.2 Å². The largest absolute Gasteiger partial charge is 0.451 e. The lowest BCUT2D eigenvalue weighted by molar-refractivity contribution is -0.119. The summed E-state index contributed by atoms with van der Waals surface area (Å²) in [6, 6.07) is 5.94. The van der Waals surface area contributed by atoms with E-state index in [0.717, 1.165) is 16.9 Å². The Morgan fingerprint density at radius 3 is 2.61 bits per heavy atom. The molecule has 3 rings (SSSR count). The van der Waals surface area contributed by atoms with E-state index in [1.54, 1.807) is 6.07 Å². The van der Waals surface area contributed by atoms with Gasteiger partial charge in [0.1, 0.15) is 9.77 Å². The molecule has 0 saturated carbocycles. The molecular weight excluding hydrogens is 464 g/mol. The Morgan fingerprint density at radius 2 is 1.97 bits per heavy atom. The van der Waals surface area contributed by atoms with Gasteiger partial charge in [0.15, 0.2) is 6.61 Å². The van der Waals surface area contributed by atoms with E-state index in [-0.39, 0.29) is 28.7 Å². The lowest BCUT2D eigenvalue weighted by atomic mass is 10.2. The van der Waals surface area contributed by atoms with Crippen LogP contribution in [0.1, 0.15) is 27.0 Å². The number of esters is 1. The first-order chi connectivity index (χ1) is 14.7. The van der Waals surface area contributed by atoms with Gasteiger partial charge in [-0.15, -0.1) is 11.3 Å². The van der Waals surface area contributed by atoms with E-state index in [1.165, 1.54) is 33.8 Å². The van der Waals surface area contributed by atoms with Gasteiger partial charge in [-0.2, -0.15) is 4.31 Å². The van der Waals surface area contributed by atoms with Gasteiger partial charge in [-0.05, 0) is 43.2 Å². The number of rotatable bonds is 7. The van der Waals surface area contributed by atoms with Crippen LogP contribution in [0.2, 0.25) is 5.02 Å². The molecule has 11 heteroatoms. The Balaban J connectivity index is 1.65. The highest BCUT2D eigenvalue weighted by Crippen LogP contribution is 2.28. The standard InChI is InChI=1S/C20H23ClN2O6S2/c1-3-14-10-17(30-13(14)2)20(25)29-12-19(24)22-15-4-5-16(21)18(11-15)31(26,27)23-6-8-28-9-7-23/h4-5,10-11H,3,6-9,12H2,1-2H3,(H,22,24). The summed E-state index contributed by atoms with van der Waals surface area (Å²) in [6.07, 6.45) is 0.808. The van der Waals surface area contributed by atoms with Crippen LogP contribution in [-0.4, -0.2) is 57.5 Å². The number of carbonyl (C=O) groups excluding carboxylic acids is 2. The Bertz CT molecular complexity index is 1080. The number of hydrogen-bond donors (Lipinski definition) is 1. The lowest BCUT2D eigenvalue weighted by Gasteiger charge is -2.26. The molecule has 0 aliphatic carbocycles. The highest BCUT2D eigenvalue weighted by Gasteiger charge is 2.28. The van der Waals surface area contributed by atoms with Crippen LogP contribution >= 0.6 is 22.9 Å². The van der Waals surface area contributed by atoms with Gasteiger partial charge in [0.2, 0.25) is 10.0 Å². The fourth-order valence-corrected chi connectivity index (χ4v) is 5.99. The van der Waals surface area contributed by atoms with E-state index < -0.39 is 28.5 Å².